The molecule has 0 saturated carbocycles. The average molecular weight is 292 g/mol. The summed E-state index contributed by atoms with van der Waals surface area (Å²) in [4.78, 5) is 24.6. The zero-order valence-corrected chi connectivity index (χ0v) is 11.8. The molecule has 0 spiro atoms. The molecule has 21 heavy (non-hydrogen) atoms. The normalized spacial score (nSPS) is 18.1. The Kier molecular flexibility index (Phi) is 5.43. The van der Waals surface area contributed by atoms with Crippen molar-refractivity contribution in [3.8, 4) is 5.75 Å². The third kappa shape index (κ3) is 4.37. The van der Waals surface area contributed by atoms with Crippen molar-refractivity contribution in [1.29, 1.82) is 0 Å². The number of hydrogen-bond acceptors (Lipinski definition) is 3. The van der Waals surface area contributed by atoms with Gasteiger partial charge >= 0.3 is 12.0 Å². The number of carboxylic acid groups (broad SMARTS) is 1. The fraction of sp³-hybridized carbons (Fsp3) is 0.467. The average Bonchev–Trinajstić information content (AvgIpc) is 2.52. The molecule has 114 valence electrons. The number of para-hydroxylation sites is 1. The van der Waals surface area contributed by atoms with E-state index in [0.29, 0.717) is 26.1 Å². The number of nitrogens with zero attached hydrogens (tertiary/aromatic N) is 1. The molecule has 0 aliphatic carbocycles. The van der Waals surface area contributed by atoms with E-state index in [0.717, 1.165) is 18.6 Å². The van der Waals surface area contributed by atoms with Gasteiger partial charge in [-0.15, -0.1) is 0 Å². The Labute approximate surface area is 123 Å². The van der Waals surface area contributed by atoms with E-state index in [9.17, 15) is 9.59 Å². The SMILES string of the molecule is O=C(O)C1CCCCN1C(=O)NCCOc1ccccc1. The van der Waals surface area contributed by atoms with E-state index in [1.165, 1.54) is 4.90 Å². The Morgan fingerprint density at radius 1 is 1.29 bits per heavy atom. The number of hydrogen-bond donors (Lipinski definition) is 2. The molecule has 2 N–H and O–H groups in total. The molecule has 1 aliphatic heterocycles. The van der Waals surface area contributed by atoms with Crippen molar-refractivity contribution in [2.45, 2.75) is 25.3 Å². The van der Waals surface area contributed by atoms with Crippen molar-refractivity contribution in [3.05, 3.63) is 30.3 Å². The Balaban J connectivity index is 1.74. The first-order valence-corrected chi connectivity index (χ1v) is 7.13. The number of carboxylic acids is 1. The quantitative estimate of drug-likeness (QED) is 0.810. The van der Waals surface area contributed by atoms with Gasteiger partial charge in [0.15, 0.2) is 0 Å². The van der Waals surface area contributed by atoms with Crippen molar-refractivity contribution in [3.63, 3.8) is 0 Å². The molecule has 0 radical (unpaired) electrons. The van der Waals surface area contributed by atoms with Crippen LogP contribution in [0.2, 0.25) is 0 Å². The smallest absolute Gasteiger partial charge is 0.326 e. The van der Waals surface area contributed by atoms with Crippen LogP contribution in [0.1, 0.15) is 19.3 Å². The van der Waals surface area contributed by atoms with Crippen LogP contribution in [0.4, 0.5) is 4.79 Å². The molecule has 6 heteroatoms. The number of benzene rings is 1. The fourth-order valence-electron chi connectivity index (χ4n) is 2.38. The summed E-state index contributed by atoms with van der Waals surface area (Å²) in [6.07, 6.45) is 2.21. The summed E-state index contributed by atoms with van der Waals surface area (Å²) in [5.41, 5.74) is 0. The number of piperidine rings is 1. The lowest BCUT2D eigenvalue weighted by molar-refractivity contribution is -0.143. The van der Waals surface area contributed by atoms with Gasteiger partial charge in [0.1, 0.15) is 18.4 Å². The number of aliphatic carboxylic acids is 1. The summed E-state index contributed by atoms with van der Waals surface area (Å²) in [5, 5.41) is 11.8. The van der Waals surface area contributed by atoms with Crippen molar-refractivity contribution in [1.82, 2.24) is 10.2 Å². The van der Waals surface area contributed by atoms with E-state index in [-0.39, 0.29) is 6.03 Å². The van der Waals surface area contributed by atoms with Gasteiger partial charge in [-0.3, -0.25) is 0 Å². The van der Waals surface area contributed by atoms with Gasteiger partial charge in [0.25, 0.3) is 0 Å². The lowest BCUT2D eigenvalue weighted by Crippen LogP contribution is -2.52. The van der Waals surface area contributed by atoms with Crippen molar-refractivity contribution < 1.29 is 19.4 Å². The Morgan fingerprint density at radius 2 is 2.05 bits per heavy atom. The Bertz CT molecular complexity index is 478. The van der Waals surface area contributed by atoms with Crippen molar-refractivity contribution in [2.24, 2.45) is 0 Å². The van der Waals surface area contributed by atoms with Crippen LogP contribution in [-0.4, -0.2) is 47.7 Å². The van der Waals surface area contributed by atoms with E-state index < -0.39 is 12.0 Å². The molecule has 1 aliphatic rings. The zero-order valence-electron chi connectivity index (χ0n) is 11.8. The van der Waals surface area contributed by atoms with E-state index in [1.807, 2.05) is 30.3 Å². The second-order valence-electron chi connectivity index (χ2n) is 4.94. The highest BCUT2D eigenvalue weighted by atomic mass is 16.5. The number of carbonyl (C=O) groups excluding carboxylic acids is 1. The summed E-state index contributed by atoms with van der Waals surface area (Å²) in [6.45, 7) is 1.18. The van der Waals surface area contributed by atoms with Gasteiger partial charge in [0.05, 0.1) is 6.54 Å². The predicted molar refractivity (Wildman–Crippen MR) is 77.3 cm³/mol. The highest BCUT2D eigenvalue weighted by Crippen LogP contribution is 2.17. The number of rotatable bonds is 5. The second kappa shape index (κ2) is 7.52. The standard InChI is InChI=1S/C15H20N2O4/c18-14(19)13-8-4-5-10-17(13)15(20)16-9-11-21-12-6-2-1-3-7-12/h1-3,6-7,13H,4-5,8-11H2,(H,16,20)(H,18,19). The molecular formula is C15H20N2O4. The van der Waals surface area contributed by atoms with Crippen LogP contribution in [0.15, 0.2) is 30.3 Å². The van der Waals surface area contributed by atoms with Gasteiger partial charge in [-0.1, -0.05) is 18.2 Å². The highest BCUT2D eigenvalue weighted by molar-refractivity contribution is 5.82. The molecule has 6 nitrogen and oxygen atoms in total. The van der Waals surface area contributed by atoms with Gasteiger partial charge in [0, 0.05) is 6.54 Å². The van der Waals surface area contributed by atoms with E-state index in [1.54, 1.807) is 0 Å². The van der Waals surface area contributed by atoms with E-state index in [2.05, 4.69) is 5.32 Å². The van der Waals surface area contributed by atoms with Crippen LogP contribution in [0, 0.1) is 0 Å². The Morgan fingerprint density at radius 3 is 2.76 bits per heavy atom. The molecule has 1 aromatic rings. The summed E-state index contributed by atoms with van der Waals surface area (Å²) in [6, 6.07) is 8.28. The molecule has 1 aromatic carbocycles. The van der Waals surface area contributed by atoms with Crippen LogP contribution in [-0.2, 0) is 4.79 Å². The Hall–Kier alpha value is -2.24. The first-order chi connectivity index (χ1) is 10.2. The molecule has 0 aromatic heterocycles. The van der Waals surface area contributed by atoms with Crippen LogP contribution in [0.5, 0.6) is 5.75 Å². The molecule has 0 bridgehead atoms. The molecular weight excluding hydrogens is 272 g/mol. The first kappa shape index (κ1) is 15.2. The number of urea groups is 1. The molecule has 1 unspecified atom stereocenters. The monoisotopic (exact) mass is 292 g/mol. The van der Waals surface area contributed by atoms with Gasteiger partial charge in [-0.2, -0.15) is 0 Å². The largest absolute Gasteiger partial charge is 0.492 e. The van der Waals surface area contributed by atoms with Crippen LogP contribution in [0.25, 0.3) is 0 Å². The fourth-order valence-corrected chi connectivity index (χ4v) is 2.38. The maximum atomic E-state index is 12.0. The van der Waals surface area contributed by atoms with Crippen LogP contribution >= 0.6 is 0 Å². The highest BCUT2D eigenvalue weighted by Gasteiger charge is 2.31. The molecule has 1 fully saturated rings. The second-order valence-corrected chi connectivity index (χ2v) is 4.94. The molecule has 2 amide bonds. The molecule has 1 heterocycles. The number of likely N-dealkylation sites (tertiary alicyclic amines) is 1. The lowest BCUT2D eigenvalue weighted by Gasteiger charge is -2.32. The van der Waals surface area contributed by atoms with Crippen molar-refractivity contribution in [2.75, 3.05) is 19.7 Å². The number of nitrogens with one attached hydrogen (secondary N) is 1. The minimum atomic E-state index is -0.939. The maximum absolute atomic E-state index is 12.0. The molecule has 1 saturated heterocycles. The predicted octanol–water partition coefficient (Wildman–Crippen LogP) is 1.71. The third-order valence-electron chi connectivity index (χ3n) is 3.44. The summed E-state index contributed by atoms with van der Waals surface area (Å²) < 4.78 is 5.47. The number of amides is 2. The summed E-state index contributed by atoms with van der Waals surface area (Å²) in [5.74, 6) is -0.196. The van der Waals surface area contributed by atoms with Gasteiger partial charge in [0.2, 0.25) is 0 Å². The first-order valence-electron chi connectivity index (χ1n) is 7.13. The summed E-state index contributed by atoms with van der Waals surface area (Å²) >= 11 is 0. The zero-order chi connectivity index (χ0) is 15.1. The van der Waals surface area contributed by atoms with Crippen LogP contribution in [0.3, 0.4) is 0 Å². The molecule has 1 atom stereocenters. The lowest BCUT2D eigenvalue weighted by atomic mass is 10.0. The van der Waals surface area contributed by atoms with Gasteiger partial charge in [-0.25, -0.2) is 9.59 Å². The maximum Gasteiger partial charge on any atom is 0.326 e. The van der Waals surface area contributed by atoms with Gasteiger partial charge in [-0.05, 0) is 31.4 Å². The molecule has 2 rings (SSSR count). The third-order valence-corrected chi connectivity index (χ3v) is 3.44. The summed E-state index contributed by atoms with van der Waals surface area (Å²) in [7, 11) is 0. The topological polar surface area (TPSA) is 78.9 Å². The minimum absolute atomic E-state index is 0.334. The number of ether oxygens (including phenoxy) is 1. The van der Waals surface area contributed by atoms with Crippen LogP contribution < -0.4 is 10.1 Å². The van der Waals surface area contributed by atoms with E-state index in [4.69, 9.17) is 9.84 Å². The van der Waals surface area contributed by atoms with Crippen molar-refractivity contribution >= 4 is 12.0 Å². The minimum Gasteiger partial charge on any atom is -0.492 e. The van der Waals surface area contributed by atoms with Gasteiger partial charge < -0.3 is 20.1 Å². The number of carbonyl (C=O) groups is 2. The van der Waals surface area contributed by atoms with E-state index >= 15 is 0 Å².